The molecule has 5 nitrogen and oxygen atoms in total. The zero-order valence-corrected chi connectivity index (χ0v) is 24.1. The molecule has 202 valence electrons. The van der Waals surface area contributed by atoms with Crippen LogP contribution in [0.15, 0.2) is 108 Å². The van der Waals surface area contributed by atoms with Gasteiger partial charge in [-0.25, -0.2) is 4.57 Å². The van der Waals surface area contributed by atoms with Crippen LogP contribution in [0.3, 0.4) is 0 Å². The minimum absolute atomic E-state index is 0.133. The van der Waals surface area contributed by atoms with Crippen molar-refractivity contribution in [2.75, 3.05) is 0 Å². The summed E-state index contributed by atoms with van der Waals surface area (Å²) in [6, 6.07) is 34.5. The Morgan fingerprint density at radius 2 is 1.15 bits per heavy atom. The molecule has 0 aromatic heterocycles. The molecule has 0 radical (unpaired) electrons. The minimum atomic E-state index is -4.06. The highest BCUT2D eigenvalue weighted by Gasteiger charge is 2.37. The van der Waals surface area contributed by atoms with Crippen molar-refractivity contribution >= 4 is 35.1 Å². The molecule has 0 fully saturated rings. The van der Waals surface area contributed by atoms with Crippen molar-refractivity contribution in [3.05, 3.63) is 109 Å². The van der Waals surface area contributed by atoms with E-state index in [0.29, 0.717) is 23.8 Å². The zero-order valence-electron chi connectivity index (χ0n) is 23.2. The van der Waals surface area contributed by atoms with Crippen molar-refractivity contribution in [2.45, 2.75) is 46.2 Å². The molecule has 1 heterocycles. The lowest BCUT2D eigenvalue weighted by Crippen LogP contribution is -2.43. The Labute approximate surface area is 235 Å². The van der Waals surface area contributed by atoms with Gasteiger partial charge in [-0.2, -0.15) is 0 Å². The van der Waals surface area contributed by atoms with Gasteiger partial charge < -0.3 is 13.9 Å². The number of fused-ring (bicyclic) bond motifs is 7. The molecule has 6 heteroatoms. The Kier molecular flexibility index (Phi) is 6.85. The molecule has 5 aromatic rings. The van der Waals surface area contributed by atoms with Gasteiger partial charge in [0.1, 0.15) is 17.3 Å². The third kappa shape index (κ3) is 4.87. The summed E-state index contributed by atoms with van der Waals surface area (Å²) in [4.78, 5) is 2.19. The molecule has 1 aliphatic heterocycles. The molecule has 0 N–H and O–H groups in total. The van der Waals surface area contributed by atoms with Crippen LogP contribution in [0.4, 0.5) is 0 Å². The molecular weight excluding hydrogens is 515 g/mol. The maximum atomic E-state index is 14.7. The maximum absolute atomic E-state index is 14.7. The van der Waals surface area contributed by atoms with E-state index in [-0.39, 0.29) is 12.1 Å². The number of benzene rings is 5. The standard InChI is InChI=1S/C34H33N2O3P/c1-23(2)36(24(3)4)32(22-25-12-6-5-7-13-25)35-40(37)38-30-20-18-26-14-8-10-16-28(26)33(30)34-29-17-11-9-15-27(29)19-21-31(34)39-40/h5-21,23-24H,22H2,1-4H3/b35-32-. The van der Waals surface area contributed by atoms with E-state index in [9.17, 15) is 4.57 Å². The summed E-state index contributed by atoms with van der Waals surface area (Å²) in [6.45, 7) is 8.48. The highest BCUT2D eigenvalue weighted by atomic mass is 31.2. The number of amidine groups is 1. The first-order valence-electron chi connectivity index (χ1n) is 13.8. The molecule has 40 heavy (non-hydrogen) atoms. The molecule has 0 aliphatic carbocycles. The van der Waals surface area contributed by atoms with Gasteiger partial charge >= 0.3 is 7.75 Å². The molecule has 0 amide bonds. The van der Waals surface area contributed by atoms with Crippen molar-refractivity contribution in [3.8, 4) is 22.6 Å². The van der Waals surface area contributed by atoms with Gasteiger partial charge in [0.05, 0.1) is 0 Å². The van der Waals surface area contributed by atoms with E-state index in [4.69, 9.17) is 13.8 Å². The summed E-state index contributed by atoms with van der Waals surface area (Å²) in [5.74, 6) is 1.67. The van der Waals surface area contributed by atoms with Crippen molar-refractivity contribution in [1.29, 1.82) is 0 Å². The van der Waals surface area contributed by atoms with Gasteiger partial charge in [-0.3, -0.25) is 0 Å². The van der Waals surface area contributed by atoms with Crippen LogP contribution in [-0.2, 0) is 11.0 Å². The van der Waals surface area contributed by atoms with Crippen molar-refractivity contribution in [1.82, 2.24) is 4.90 Å². The first-order chi connectivity index (χ1) is 19.3. The predicted molar refractivity (Wildman–Crippen MR) is 165 cm³/mol. The Balaban J connectivity index is 1.60. The average Bonchev–Trinajstić information content (AvgIpc) is 3.06. The number of rotatable bonds is 5. The molecular formula is C34H33N2O3P. The summed E-state index contributed by atoms with van der Waals surface area (Å²) in [5.41, 5.74) is 2.81. The van der Waals surface area contributed by atoms with Crippen molar-refractivity contribution < 1.29 is 13.6 Å². The lowest BCUT2D eigenvalue weighted by molar-refractivity contribution is 0.287. The Morgan fingerprint density at radius 3 is 1.65 bits per heavy atom. The van der Waals surface area contributed by atoms with E-state index < -0.39 is 7.75 Å². The predicted octanol–water partition coefficient (Wildman–Crippen LogP) is 9.30. The third-order valence-electron chi connectivity index (χ3n) is 7.31. The summed E-state index contributed by atoms with van der Waals surface area (Å²) in [6.07, 6.45) is 0.503. The number of nitrogens with zero attached hydrogens (tertiary/aromatic N) is 2. The van der Waals surface area contributed by atoms with E-state index in [1.54, 1.807) is 0 Å². The molecule has 5 aromatic carbocycles. The molecule has 0 saturated carbocycles. The van der Waals surface area contributed by atoms with E-state index >= 15 is 0 Å². The second kappa shape index (κ2) is 10.5. The first-order valence-corrected chi connectivity index (χ1v) is 15.3. The van der Waals surface area contributed by atoms with Crippen LogP contribution in [0.5, 0.6) is 11.5 Å². The quantitative estimate of drug-likeness (QED) is 0.125. The molecule has 0 spiro atoms. The normalized spacial score (nSPS) is 14.4. The smallest absolute Gasteiger partial charge is 0.398 e. The SMILES string of the molecule is CC(C)N(/C(Cc1ccccc1)=N\P1(=O)Oc2ccc3ccccc3c2-c2c(ccc3ccccc23)O1)C(C)C. The van der Waals surface area contributed by atoms with Crippen LogP contribution in [-0.4, -0.2) is 22.8 Å². The fraction of sp³-hybridized carbons (Fsp3) is 0.206. The van der Waals surface area contributed by atoms with Crippen LogP contribution in [0.25, 0.3) is 32.7 Å². The highest BCUT2D eigenvalue weighted by Crippen LogP contribution is 2.59. The minimum Gasteiger partial charge on any atom is -0.398 e. The molecule has 0 saturated heterocycles. The summed E-state index contributed by atoms with van der Waals surface area (Å²) < 4.78 is 32.4. The topological polar surface area (TPSA) is 51.1 Å². The second-order valence-corrected chi connectivity index (χ2v) is 12.2. The van der Waals surface area contributed by atoms with Gasteiger partial charge in [-0.15, -0.1) is 4.76 Å². The molecule has 1 aliphatic rings. The fourth-order valence-corrected chi connectivity index (χ4v) is 7.15. The largest absolute Gasteiger partial charge is 0.565 e. The van der Waals surface area contributed by atoms with E-state index in [1.807, 2.05) is 66.7 Å². The van der Waals surface area contributed by atoms with Gasteiger partial charge in [0.25, 0.3) is 0 Å². The van der Waals surface area contributed by atoms with Crippen molar-refractivity contribution in [3.63, 3.8) is 0 Å². The number of hydrogen-bond acceptors (Lipinski definition) is 3. The highest BCUT2D eigenvalue weighted by molar-refractivity contribution is 7.53. The monoisotopic (exact) mass is 548 g/mol. The maximum Gasteiger partial charge on any atom is 0.565 e. The lowest BCUT2D eigenvalue weighted by atomic mass is 9.92. The van der Waals surface area contributed by atoms with Gasteiger partial charge in [0, 0.05) is 29.6 Å². The molecule has 0 atom stereocenters. The van der Waals surface area contributed by atoms with Gasteiger partial charge in [0.15, 0.2) is 0 Å². The molecule has 0 unspecified atom stereocenters. The van der Waals surface area contributed by atoms with Crippen LogP contribution < -0.4 is 9.05 Å². The Hall–Kier alpha value is -4.08. The van der Waals surface area contributed by atoms with E-state index in [0.717, 1.165) is 38.2 Å². The fourth-order valence-electron chi connectivity index (χ4n) is 5.77. The molecule has 0 bridgehead atoms. The van der Waals surface area contributed by atoms with Crippen LogP contribution >= 0.6 is 7.75 Å². The average molecular weight is 549 g/mol. The Morgan fingerprint density at radius 1 is 0.675 bits per heavy atom. The van der Waals surface area contributed by atoms with Crippen LogP contribution in [0, 0.1) is 0 Å². The van der Waals surface area contributed by atoms with Gasteiger partial charge in [-0.1, -0.05) is 91.0 Å². The van der Waals surface area contributed by atoms with Gasteiger partial charge in [-0.05, 0) is 66.9 Å². The zero-order chi connectivity index (χ0) is 27.9. The van der Waals surface area contributed by atoms with E-state index in [2.05, 4.69) is 69.0 Å². The summed E-state index contributed by atoms with van der Waals surface area (Å²) in [5, 5.41) is 4.15. The van der Waals surface area contributed by atoms with Gasteiger partial charge in [0.2, 0.25) is 0 Å². The summed E-state index contributed by atoms with van der Waals surface area (Å²) in [7, 11) is -4.06. The number of hydrogen-bond donors (Lipinski definition) is 0. The second-order valence-electron chi connectivity index (χ2n) is 10.7. The van der Waals surface area contributed by atoms with E-state index in [1.165, 1.54) is 0 Å². The summed E-state index contributed by atoms with van der Waals surface area (Å²) >= 11 is 0. The van der Waals surface area contributed by atoms with Crippen LogP contribution in [0.2, 0.25) is 0 Å². The Bertz CT molecular complexity index is 1680. The first kappa shape index (κ1) is 26.2. The molecule has 6 rings (SSSR count). The third-order valence-corrected chi connectivity index (χ3v) is 8.64. The lowest BCUT2D eigenvalue weighted by Gasteiger charge is -2.34. The van der Waals surface area contributed by atoms with Crippen molar-refractivity contribution in [2.24, 2.45) is 4.76 Å². The van der Waals surface area contributed by atoms with Crippen LogP contribution in [0.1, 0.15) is 33.3 Å².